The van der Waals surface area contributed by atoms with Crippen LogP contribution in [0.15, 0.2) is 42.5 Å². The monoisotopic (exact) mass is 324 g/mol. The Morgan fingerprint density at radius 1 is 1.12 bits per heavy atom. The molecule has 4 heteroatoms. The van der Waals surface area contributed by atoms with E-state index in [9.17, 15) is 4.79 Å². The van der Waals surface area contributed by atoms with E-state index in [1.807, 2.05) is 37.3 Å². The number of aryl methyl sites for hydroxylation is 1. The third-order valence-corrected chi connectivity index (χ3v) is 4.40. The Balaban J connectivity index is 1.63. The van der Waals surface area contributed by atoms with Crippen LogP contribution in [0.3, 0.4) is 0 Å². The van der Waals surface area contributed by atoms with Crippen molar-refractivity contribution in [2.45, 2.75) is 26.2 Å². The molecule has 0 radical (unpaired) electrons. The van der Waals surface area contributed by atoms with Crippen LogP contribution in [0.1, 0.15) is 24.0 Å². The summed E-state index contributed by atoms with van der Waals surface area (Å²) in [6.07, 6.45) is 2.89. The van der Waals surface area contributed by atoms with E-state index in [1.165, 1.54) is 18.5 Å². The summed E-state index contributed by atoms with van der Waals surface area (Å²) >= 11 is 0. The van der Waals surface area contributed by atoms with Crippen LogP contribution in [0.5, 0.6) is 5.75 Å². The molecule has 0 bridgehead atoms. The maximum absolute atomic E-state index is 12.3. The molecule has 1 heterocycles. The van der Waals surface area contributed by atoms with Crippen LogP contribution in [-0.2, 0) is 11.2 Å². The molecule has 2 aromatic carbocycles. The quantitative estimate of drug-likeness (QED) is 0.910. The Bertz CT molecular complexity index is 704. The fourth-order valence-corrected chi connectivity index (χ4v) is 3.10. The Kier molecular flexibility index (Phi) is 5.04. The molecule has 1 N–H and O–H groups in total. The number of methoxy groups -OCH3 is 1. The van der Waals surface area contributed by atoms with E-state index in [0.717, 1.165) is 29.9 Å². The van der Waals surface area contributed by atoms with Gasteiger partial charge in [0.05, 0.1) is 19.2 Å². The molecule has 2 aromatic rings. The molecule has 0 aromatic heterocycles. The molecule has 0 spiro atoms. The average molecular weight is 324 g/mol. The number of carbonyl (C=O) groups excluding carboxylic acids is 1. The first-order valence-corrected chi connectivity index (χ1v) is 8.44. The van der Waals surface area contributed by atoms with Crippen LogP contribution in [0.25, 0.3) is 0 Å². The van der Waals surface area contributed by atoms with Crippen molar-refractivity contribution in [3.8, 4) is 5.75 Å². The van der Waals surface area contributed by atoms with Crippen LogP contribution >= 0.6 is 0 Å². The van der Waals surface area contributed by atoms with Crippen molar-refractivity contribution in [1.82, 2.24) is 0 Å². The van der Waals surface area contributed by atoms with E-state index in [2.05, 4.69) is 22.3 Å². The number of amides is 1. The van der Waals surface area contributed by atoms with Crippen molar-refractivity contribution in [3.05, 3.63) is 53.6 Å². The zero-order valence-electron chi connectivity index (χ0n) is 14.3. The summed E-state index contributed by atoms with van der Waals surface area (Å²) in [5, 5.41) is 2.95. The van der Waals surface area contributed by atoms with Crippen LogP contribution in [0, 0.1) is 6.92 Å². The van der Waals surface area contributed by atoms with Crippen molar-refractivity contribution in [1.29, 1.82) is 0 Å². The average Bonchev–Trinajstić information content (AvgIpc) is 3.10. The van der Waals surface area contributed by atoms with E-state index < -0.39 is 0 Å². The summed E-state index contributed by atoms with van der Waals surface area (Å²) in [4.78, 5) is 14.7. The second-order valence-corrected chi connectivity index (χ2v) is 6.29. The fraction of sp³-hybridized carbons (Fsp3) is 0.350. The number of benzene rings is 2. The fourth-order valence-electron chi connectivity index (χ4n) is 3.10. The zero-order chi connectivity index (χ0) is 16.9. The van der Waals surface area contributed by atoms with E-state index in [-0.39, 0.29) is 5.91 Å². The van der Waals surface area contributed by atoms with E-state index in [1.54, 1.807) is 7.11 Å². The number of carbonyl (C=O) groups is 1. The van der Waals surface area contributed by atoms with Gasteiger partial charge in [0, 0.05) is 18.8 Å². The normalized spacial score (nSPS) is 13.8. The summed E-state index contributed by atoms with van der Waals surface area (Å²) in [6.45, 7) is 4.26. The van der Waals surface area contributed by atoms with E-state index in [0.29, 0.717) is 12.2 Å². The number of nitrogens with one attached hydrogen (secondary N) is 1. The molecule has 3 rings (SSSR count). The van der Waals surface area contributed by atoms with Gasteiger partial charge in [0.15, 0.2) is 0 Å². The summed E-state index contributed by atoms with van der Waals surface area (Å²) in [5.74, 6) is 0.645. The molecule has 0 atom stereocenters. The maximum Gasteiger partial charge on any atom is 0.228 e. The number of nitrogens with zero attached hydrogens (tertiary/aromatic N) is 1. The number of rotatable bonds is 5. The van der Waals surface area contributed by atoms with Gasteiger partial charge in [-0.2, -0.15) is 0 Å². The first kappa shape index (κ1) is 16.4. The summed E-state index contributed by atoms with van der Waals surface area (Å²) in [5.41, 5.74) is 4.07. The molecule has 4 nitrogen and oxygen atoms in total. The van der Waals surface area contributed by atoms with Crippen molar-refractivity contribution in [2.24, 2.45) is 0 Å². The lowest BCUT2D eigenvalue weighted by molar-refractivity contribution is -0.115. The Labute approximate surface area is 143 Å². The lowest BCUT2D eigenvalue weighted by Gasteiger charge is -2.17. The highest BCUT2D eigenvalue weighted by atomic mass is 16.5. The van der Waals surface area contributed by atoms with Gasteiger partial charge in [0.1, 0.15) is 5.75 Å². The third-order valence-electron chi connectivity index (χ3n) is 4.40. The number of anilines is 2. The topological polar surface area (TPSA) is 41.6 Å². The lowest BCUT2D eigenvalue weighted by Crippen LogP contribution is -2.18. The van der Waals surface area contributed by atoms with Crippen LogP contribution < -0.4 is 15.0 Å². The molecular formula is C20H24N2O2. The van der Waals surface area contributed by atoms with Gasteiger partial charge < -0.3 is 15.0 Å². The Hall–Kier alpha value is -2.49. The maximum atomic E-state index is 12.3. The largest absolute Gasteiger partial charge is 0.495 e. The van der Waals surface area contributed by atoms with Crippen LogP contribution in [0.4, 0.5) is 11.4 Å². The standard InChI is InChI=1S/C20H24N2O2/c1-15-5-10-19(24-2)18(13-15)21-20(23)14-16-6-8-17(9-7-16)22-11-3-4-12-22/h5-10,13H,3-4,11-12,14H2,1-2H3,(H,21,23). The molecule has 1 aliphatic heterocycles. The van der Waals surface area contributed by atoms with Crippen LogP contribution in [-0.4, -0.2) is 26.1 Å². The highest BCUT2D eigenvalue weighted by Crippen LogP contribution is 2.25. The molecule has 24 heavy (non-hydrogen) atoms. The summed E-state index contributed by atoms with van der Waals surface area (Å²) in [7, 11) is 1.61. The minimum absolute atomic E-state index is 0.0344. The van der Waals surface area contributed by atoms with E-state index >= 15 is 0 Å². The van der Waals surface area contributed by atoms with Gasteiger partial charge in [0.25, 0.3) is 0 Å². The zero-order valence-corrected chi connectivity index (χ0v) is 14.3. The first-order valence-electron chi connectivity index (χ1n) is 8.44. The number of hydrogen-bond acceptors (Lipinski definition) is 3. The highest BCUT2D eigenvalue weighted by Gasteiger charge is 2.13. The molecule has 1 amide bonds. The predicted octanol–water partition coefficient (Wildman–Crippen LogP) is 3.79. The Morgan fingerprint density at radius 3 is 2.50 bits per heavy atom. The van der Waals surface area contributed by atoms with Crippen molar-refractivity contribution >= 4 is 17.3 Å². The SMILES string of the molecule is COc1ccc(C)cc1NC(=O)Cc1ccc(N2CCCC2)cc1. The minimum Gasteiger partial charge on any atom is -0.495 e. The molecule has 0 saturated carbocycles. The second-order valence-electron chi connectivity index (χ2n) is 6.29. The third kappa shape index (κ3) is 3.88. The van der Waals surface area contributed by atoms with E-state index in [4.69, 9.17) is 4.74 Å². The molecule has 1 saturated heterocycles. The molecule has 0 unspecified atom stereocenters. The number of hydrogen-bond donors (Lipinski definition) is 1. The molecule has 126 valence electrons. The summed E-state index contributed by atoms with van der Waals surface area (Å²) in [6, 6.07) is 14.1. The van der Waals surface area contributed by atoms with Gasteiger partial charge in [-0.1, -0.05) is 18.2 Å². The van der Waals surface area contributed by atoms with Gasteiger partial charge in [0.2, 0.25) is 5.91 Å². The Morgan fingerprint density at radius 2 is 1.83 bits per heavy atom. The minimum atomic E-state index is -0.0344. The van der Waals surface area contributed by atoms with Gasteiger partial charge in [-0.25, -0.2) is 0 Å². The second kappa shape index (κ2) is 7.39. The van der Waals surface area contributed by atoms with Crippen molar-refractivity contribution < 1.29 is 9.53 Å². The van der Waals surface area contributed by atoms with Gasteiger partial charge in [-0.05, 0) is 55.2 Å². The predicted molar refractivity (Wildman–Crippen MR) is 98.0 cm³/mol. The molecular weight excluding hydrogens is 300 g/mol. The van der Waals surface area contributed by atoms with Gasteiger partial charge in [-0.3, -0.25) is 4.79 Å². The number of ether oxygens (including phenoxy) is 1. The molecule has 1 aliphatic rings. The highest BCUT2D eigenvalue weighted by molar-refractivity contribution is 5.93. The van der Waals surface area contributed by atoms with Crippen molar-refractivity contribution in [2.75, 3.05) is 30.4 Å². The smallest absolute Gasteiger partial charge is 0.228 e. The lowest BCUT2D eigenvalue weighted by atomic mass is 10.1. The van der Waals surface area contributed by atoms with Crippen LogP contribution in [0.2, 0.25) is 0 Å². The summed E-state index contributed by atoms with van der Waals surface area (Å²) < 4.78 is 5.30. The van der Waals surface area contributed by atoms with Gasteiger partial charge in [-0.15, -0.1) is 0 Å². The molecule has 0 aliphatic carbocycles. The van der Waals surface area contributed by atoms with Crippen molar-refractivity contribution in [3.63, 3.8) is 0 Å². The molecule has 1 fully saturated rings. The van der Waals surface area contributed by atoms with Gasteiger partial charge >= 0.3 is 0 Å². The first-order chi connectivity index (χ1) is 11.7.